The van der Waals surface area contributed by atoms with Crippen LogP contribution in [0, 0.1) is 58.2 Å². The van der Waals surface area contributed by atoms with Crippen molar-refractivity contribution < 1.29 is 63.7 Å². The summed E-state index contributed by atoms with van der Waals surface area (Å²) in [5.74, 6) is -26.4. The highest BCUT2D eigenvalue weighted by Crippen LogP contribution is 2.43. The van der Waals surface area contributed by atoms with E-state index in [9.17, 15) is 63.7 Å². The van der Waals surface area contributed by atoms with Crippen LogP contribution in [0.15, 0.2) is 34.3 Å². The molecule has 0 fully saturated rings. The van der Waals surface area contributed by atoms with Gasteiger partial charge in [0.1, 0.15) is 11.5 Å². The lowest BCUT2D eigenvalue weighted by atomic mass is 9.77. The summed E-state index contributed by atoms with van der Waals surface area (Å²) in [5.41, 5.74) is -5.62. The van der Waals surface area contributed by atoms with Crippen molar-refractivity contribution in [3.63, 3.8) is 0 Å². The van der Waals surface area contributed by atoms with E-state index in [1.807, 2.05) is 0 Å². The molecule has 248 valence electrons. The number of phenols is 2. The molecule has 0 aromatic heterocycles. The Morgan fingerprint density at radius 1 is 0.479 bits per heavy atom. The van der Waals surface area contributed by atoms with Crippen LogP contribution < -0.4 is 0 Å². The van der Waals surface area contributed by atoms with Crippen LogP contribution >= 0.6 is 0 Å². The van der Waals surface area contributed by atoms with Crippen LogP contribution in [0.4, 0.5) is 43.9 Å². The number of hydrogen-bond donors (Lipinski definition) is 2. The van der Waals surface area contributed by atoms with Gasteiger partial charge in [-0.25, -0.2) is 43.9 Å². The molecule has 0 spiro atoms. The van der Waals surface area contributed by atoms with E-state index in [1.54, 1.807) is 0 Å². The minimum absolute atomic E-state index is 0.198. The number of rotatable bonds is 6. The molecule has 6 nitrogen and oxygen atoms in total. The van der Waals surface area contributed by atoms with Gasteiger partial charge >= 0.3 is 0 Å². The van der Waals surface area contributed by atoms with Crippen LogP contribution in [0.1, 0.15) is 80.0 Å². The van der Waals surface area contributed by atoms with Gasteiger partial charge in [0.2, 0.25) is 11.6 Å². The van der Waals surface area contributed by atoms with Gasteiger partial charge in [0.15, 0.2) is 58.1 Å². The number of nitrogens with zero attached hydrogens (tertiary/aromatic N) is 2. The SMILES string of the molecule is CC(N=Cc1c(F)c(F)c(F)c(F)c1F)c1ccc(C(C)N=Cc2c(F)c(F)c(F)c(F)c2F)c2c1C(=O)c1c(O)ccc(O)c1C2=O. The molecule has 5 rings (SSSR count). The molecule has 2 atom stereocenters. The zero-order chi connectivity index (χ0) is 35.5. The number of halogens is 10. The van der Waals surface area contributed by atoms with Crippen LogP contribution in [-0.2, 0) is 0 Å². The third-order valence-corrected chi connectivity index (χ3v) is 7.58. The molecule has 0 bridgehead atoms. The summed E-state index contributed by atoms with van der Waals surface area (Å²) in [4.78, 5) is 35.2. The molecule has 0 saturated carbocycles. The first kappa shape index (κ1) is 33.8. The number of fused-ring (bicyclic) bond motifs is 2. The Morgan fingerprint density at radius 3 is 1.04 bits per heavy atom. The molecule has 1 aliphatic carbocycles. The summed E-state index contributed by atoms with van der Waals surface area (Å²) in [6.07, 6.45) is 0.620. The van der Waals surface area contributed by atoms with Gasteiger partial charge in [-0.15, -0.1) is 0 Å². The fraction of sp³-hybridized carbons (Fsp3) is 0.125. The maximum absolute atomic E-state index is 14.3. The number of hydrogen-bond acceptors (Lipinski definition) is 6. The highest BCUT2D eigenvalue weighted by Gasteiger charge is 2.39. The number of aliphatic imine (C=N–C) groups is 2. The molecule has 4 aromatic carbocycles. The normalized spacial score (nSPS) is 14.2. The summed E-state index contributed by atoms with van der Waals surface area (Å²) in [6, 6.07) is 1.30. The Balaban J connectivity index is 1.68. The summed E-state index contributed by atoms with van der Waals surface area (Å²) >= 11 is 0. The quantitative estimate of drug-likeness (QED) is 0.0633. The first-order valence-electron chi connectivity index (χ1n) is 13.4. The fourth-order valence-corrected chi connectivity index (χ4v) is 5.11. The smallest absolute Gasteiger partial charge is 0.200 e. The van der Waals surface area contributed by atoms with E-state index in [0.717, 1.165) is 24.3 Å². The van der Waals surface area contributed by atoms with E-state index in [0.29, 0.717) is 12.4 Å². The van der Waals surface area contributed by atoms with Crippen molar-refractivity contribution >= 4 is 24.0 Å². The summed E-state index contributed by atoms with van der Waals surface area (Å²) < 4.78 is 139. The lowest BCUT2D eigenvalue weighted by molar-refractivity contribution is 0.0972. The Kier molecular flexibility index (Phi) is 8.62. The zero-order valence-electron chi connectivity index (χ0n) is 24.0. The van der Waals surface area contributed by atoms with E-state index in [4.69, 9.17) is 0 Å². The minimum atomic E-state index is -2.41. The van der Waals surface area contributed by atoms with E-state index < -0.39 is 127 Å². The maximum Gasteiger partial charge on any atom is 0.200 e. The highest BCUT2D eigenvalue weighted by atomic mass is 19.2. The van der Waals surface area contributed by atoms with Crippen molar-refractivity contribution in [1.82, 2.24) is 0 Å². The van der Waals surface area contributed by atoms with Crippen molar-refractivity contribution in [2.45, 2.75) is 25.9 Å². The lowest BCUT2D eigenvalue weighted by Gasteiger charge is -2.26. The Hall–Kier alpha value is -5.54. The topological polar surface area (TPSA) is 99.3 Å². The molecule has 2 unspecified atom stereocenters. The highest BCUT2D eigenvalue weighted by molar-refractivity contribution is 6.31. The van der Waals surface area contributed by atoms with Gasteiger partial charge in [0.05, 0.1) is 34.3 Å². The summed E-state index contributed by atoms with van der Waals surface area (Å²) in [5, 5.41) is 20.9. The third-order valence-electron chi connectivity index (χ3n) is 7.58. The van der Waals surface area contributed by atoms with Gasteiger partial charge in [-0.2, -0.15) is 0 Å². The van der Waals surface area contributed by atoms with Crippen LogP contribution in [0.25, 0.3) is 0 Å². The predicted octanol–water partition coefficient (Wildman–Crippen LogP) is 7.62. The molecular formula is C32H16F10N2O4. The van der Waals surface area contributed by atoms with E-state index >= 15 is 0 Å². The van der Waals surface area contributed by atoms with Crippen LogP contribution in [0.5, 0.6) is 11.5 Å². The minimum Gasteiger partial charge on any atom is -0.507 e. The van der Waals surface area contributed by atoms with Gasteiger partial charge in [-0.3, -0.25) is 19.6 Å². The van der Waals surface area contributed by atoms with Crippen molar-refractivity contribution in [2.24, 2.45) is 9.98 Å². The van der Waals surface area contributed by atoms with E-state index in [1.165, 1.54) is 13.8 Å². The Morgan fingerprint density at radius 2 is 0.750 bits per heavy atom. The molecule has 1 aliphatic rings. The number of aromatic hydroxyl groups is 2. The molecule has 0 aliphatic heterocycles. The maximum atomic E-state index is 14.3. The van der Waals surface area contributed by atoms with Crippen molar-refractivity contribution in [3.8, 4) is 11.5 Å². The average Bonchev–Trinajstić information content (AvgIpc) is 3.07. The lowest BCUT2D eigenvalue weighted by Crippen LogP contribution is -2.25. The number of carbonyl (C=O) groups is 2. The molecule has 4 aromatic rings. The first-order chi connectivity index (χ1) is 22.5. The average molecular weight is 682 g/mol. The molecule has 0 heterocycles. The third kappa shape index (κ3) is 5.16. The second-order valence-corrected chi connectivity index (χ2v) is 10.4. The second-order valence-electron chi connectivity index (χ2n) is 10.4. The van der Waals surface area contributed by atoms with Gasteiger partial charge in [-0.05, 0) is 37.1 Å². The number of benzene rings is 4. The Bertz CT molecular complexity index is 1940. The molecular weight excluding hydrogens is 666 g/mol. The van der Waals surface area contributed by atoms with Crippen molar-refractivity contribution in [2.75, 3.05) is 0 Å². The van der Waals surface area contributed by atoms with Crippen molar-refractivity contribution in [1.29, 1.82) is 0 Å². The standard InChI is InChI=1S/C32H16F10N2O4/c1-9(43-7-13-21(33)25(37)29(41)26(38)22(13)34)11-3-4-12(10(2)44-8-14-23(35)27(39)30(42)28(40)24(14)36)18-17(11)31(47)19-15(45)5-6-16(46)20(19)32(18)48/h3-10,45-46H,1-2H3. The van der Waals surface area contributed by atoms with Gasteiger partial charge in [0, 0.05) is 23.6 Å². The monoisotopic (exact) mass is 682 g/mol. The van der Waals surface area contributed by atoms with Gasteiger partial charge in [-0.1, -0.05) is 12.1 Å². The van der Waals surface area contributed by atoms with Crippen LogP contribution in [-0.4, -0.2) is 34.2 Å². The van der Waals surface area contributed by atoms with Gasteiger partial charge in [0.25, 0.3) is 0 Å². The fourth-order valence-electron chi connectivity index (χ4n) is 5.11. The van der Waals surface area contributed by atoms with E-state index in [2.05, 4.69) is 9.98 Å². The number of phenolic OH excluding ortho intramolecular Hbond substituents is 2. The van der Waals surface area contributed by atoms with Gasteiger partial charge < -0.3 is 10.2 Å². The second kappa shape index (κ2) is 12.2. The Labute approximate surface area is 262 Å². The zero-order valence-corrected chi connectivity index (χ0v) is 24.0. The first-order valence-corrected chi connectivity index (χ1v) is 13.4. The molecule has 16 heteroatoms. The summed E-state index contributed by atoms with van der Waals surface area (Å²) in [7, 11) is 0. The predicted molar refractivity (Wildman–Crippen MR) is 148 cm³/mol. The van der Waals surface area contributed by atoms with Crippen molar-refractivity contribution in [3.05, 3.63) is 127 Å². The van der Waals surface area contributed by atoms with Crippen LogP contribution in [0.3, 0.4) is 0 Å². The molecule has 0 saturated heterocycles. The van der Waals surface area contributed by atoms with E-state index in [-0.39, 0.29) is 11.1 Å². The molecule has 0 radical (unpaired) electrons. The number of carbonyl (C=O) groups excluding carboxylic acids is 2. The molecule has 2 N–H and O–H groups in total. The number of ketones is 2. The summed E-state index contributed by atoms with van der Waals surface area (Å²) in [6.45, 7) is 2.41. The largest absolute Gasteiger partial charge is 0.507 e. The molecule has 48 heavy (non-hydrogen) atoms. The van der Waals surface area contributed by atoms with Crippen LogP contribution in [0.2, 0.25) is 0 Å². The molecule has 0 amide bonds.